The molecule has 19 heavy (non-hydrogen) atoms. The van der Waals surface area contributed by atoms with Crippen molar-refractivity contribution in [1.29, 1.82) is 0 Å². The van der Waals surface area contributed by atoms with Crippen molar-refractivity contribution in [3.05, 3.63) is 48.0 Å². The van der Waals surface area contributed by atoms with Crippen LogP contribution in [0.2, 0.25) is 0 Å². The summed E-state index contributed by atoms with van der Waals surface area (Å²) in [5.41, 5.74) is 1.66. The summed E-state index contributed by atoms with van der Waals surface area (Å²) in [5.74, 6) is 0.0948. The molecule has 3 nitrogen and oxygen atoms in total. The van der Waals surface area contributed by atoms with Crippen molar-refractivity contribution in [1.82, 2.24) is 4.98 Å². The van der Waals surface area contributed by atoms with E-state index >= 15 is 0 Å². The van der Waals surface area contributed by atoms with E-state index in [9.17, 15) is 9.18 Å². The zero-order valence-corrected chi connectivity index (χ0v) is 10.8. The van der Waals surface area contributed by atoms with Crippen molar-refractivity contribution in [2.24, 2.45) is 0 Å². The molecule has 0 saturated carbocycles. The molecule has 0 aliphatic carbocycles. The predicted octanol–water partition coefficient (Wildman–Crippen LogP) is 3.49. The van der Waals surface area contributed by atoms with Gasteiger partial charge in [-0.15, -0.1) is 0 Å². The van der Waals surface area contributed by atoms with E-state index in [-0.39, 0.29) is 11.6 Å². The van der Waals surface area contributed by atoms with Gasteiger partial charge in [-0.25, -0.2) is 4.39 Å². The molecule has 0 unspecified atom stereocenters. The van der Waals surface area contributed by atoms with Gasteiger partial charge in [0.05, 0.1) is 12.8 Å². The second-order valence-corrected chi connectivity index (χ2v) is 4.09. The molecule has 0 fully saturated rings. The number of carbonyl (C=O) groups is 1. The summed E-state index contributed by atoms with van der Waals surface area (Å²) in [4.78, 5) is 15.6. The Bertz CT molecular complexity index is 611. The van der Waals surface area contributed by atoms with Gasteiger partial charge in [0.1, 0.15) is 11.6 Å². The molecular formula is C15H14FNO2. The van der Waals surface area contributed by atoms with Gasteiger partial charge in [0.15, 0.2) is 5.78 Å². The number of hydrogen-bond acceptors (Lipinski definition) is 3. The quantitative estimate of drug-likeness (QED) is 0.789. The fraction of sp³-hybridized carbons (Fsp3) is 0.200. The second-order valence-electron chi connectivity index (χ2n) is 4.09. The lowest BCUT2D eigenvalue weighted by atomic mass is 9.98. The smallest absolute Gasteiger partial charge is 0.160 e. The molecule has 98 valence electrons. The molecular weight excluding hydrogens is 245 g/mol. The van der Waals surface area contributed by atoms with E-state index in [4.69, 9.17) is 4.74 Å². The monoisotopic (exact) mass is 259 g/mol. The highest BCUT2D eigenvalue weighted by Gasteiger charge is 2.11. The zero-order valence-electron chi connectivity index (χ0n) is 10.8. The summed E-state index contributed by atoms with van der Waals surface area (Å²) in [6.07, 6.45) is 3.17. The van der Waals surface area contributed by atoms with Gasteiger partial charge in [0, 0.05) is 17.3 Å². The first-order chi connectivity index (χ1) is 9.11. The maximum atomic E-state index is 13.4. The van der Waals surface area contributed by atoms with E-state index < -0.39 is 0 Å². The summed E-state index contributed by atoms with van der Waals surface area (Å²) in [6, 6.07) is 5.85. The third kappa shape index (κ3) is 2.96. The maximum absolute atomic E-state index is 13.4. The van der Waals surface area contributed by atoms with E-state index in [0.717, 1.165) is 0 Å². The molecule has 0 radical (unpaired) electrons. The number of ether oxygens (including phenoxy) is 1. The van der Waals surface area contributed by atoms with Crippen molar-refractivity contribution in [3.63, 3.8) is 0 Å². The lowest BCUT2D eigenvalue weighted by Gasteiger charge is -2.09. The van der Waals surface area contributed by atoms with Gasteiger partial charge in [-0.05, 0) is 43.7 Å². The number of rotatable bonds is 4. The number of nitrogens with zero attached hydrogens (tertiary/aromatic N) is 1. The van der Waals surface area contributed by atoms with Crippen molar-refractivity contribution >= 4 is 5.78 Å². The van der Waals surface area contributed by atoms with E-state index in [0.29, 0.717) is 29.0 Å². The molecule has 1 heterocycles. The first-order valence-electron chi connectivity index (χ1n) is 6.00. The SMILES string of the molecule is CCOc1cncc(-c2cc(F)ccc2C(C)=O)c1. The molecule has 1 aromatic carbocycles. The van der Waals surface area contributed by atoms with E-state index in [1.54, 1.807) is 18.5 Å². The summed E-state index contributed by atoms with van der Waals surface area (Å²) in [6.45, 7) is 3.85. The van der Waals surface area contributed by atoms with Crippen molar-refractivity contribution in [2.75, 3.05) is 6.61 Å². The molecule has 0 aliphatic heterocycles. The van der Waals surface area contributed by atoms with Crippen LogP contribution in [0, 0.1) is 5.82 Å². The minimum Gasteiger partial charge on any atom is -0.492 e. The number of aromatic nitrogens is 1. The van der Waals surface area contributed by atoms with E-state index in [2.05, 4.69) is 4.98 Å². The first-order valence-corrected chi connectivity index (χ1v) is 6.00. The van der Waals surface area contributed by atoms with Crippen LogP contribution in [0.15, 0.2) is 36.7 Å². The van der Waals surface area contributed by atoms with Crippen LogP contribution < -0.4 is 4.74 Å². The normalized spacial score (nSPS) is 10.3. The molecule has 0 saturated heterocycles. The average Bonchev–Trinajstić information content (AvgIpc) is 2.39. The number of Topliss-reactive ketones (excluding diaryl/α,β-unsaturated/α-hetero) is 1. The molecule has 0 N–H and O–H groups in total. The molecule has 1 aromatic heterocycles. The lowest BCUT2D eigenvalue weighted by Crippen LogP contribution is -1.98. The van der Waals surface area contributed by atoms with Gasteiger partial charge in [-0.2, -0.15) is 0 Å². The lowest BCUT2D eigenvalue weighted by molar-refractivity contribution is 0.101. The standard InChI is InChI=1S/C15H14FNO2/c1-3-19-13-6-11(8-17-9-13)15-7-12(16)4-5-14(15)10(2)18/h4-9H,3H2,1-2H3. The predicted molar refractivity (Wildman–Crippen MR) is 70.8 cm³/mol. The van der Waals surface area contributed by atoms with Gasteiger partial charge in [0.25, 0.3) is 0 Å². The molecule has 0 atom stereocenters. The molecule has 2 aromatic rings. The number of hydrogen-bond donors (Lipinski definition) is 0. The third-order valence-corrected chi connectivity index (χ3v) is 2.70. The Morgan fingerprint density at radius 1 is 1.32 bits per heavy atom. The van der Waals surface area contributed by atoms with Gasteiger partial charge in [-0.3, -0.25) is 9.78 Å². The van der Waals surface area contributed by atoms with Crippen molar-refractivity contribution < 1.29 is 13.9 Å². The maximum Gasteiger partial charge on any atom is 0.160 e. The Morgan fingerprint density at radius 3 is 2.79 bits per heavy atom. The summed E-state index contributed by atoms with van der Waals surface area (Å²) < 4.78 is 18.7. The van der Waals surface area contributed by atoms with Gasteiger partial charge in [-0.1, -0.05) is 0 Å². The highest BCUT2D eigenvalue weighted by atomic mass is 19.1. The van der Waals surface area contributed by atoms with Crippen LogP contribution in [0.5, 0.6) is 5.75 Å². The minimum atomic E-state index is -0.387. The van der Waals surface area contributed by atoms with Crippen molar-refractivity contribution in [2.45, 2.75) is 13.8 Å². The van der Waals surface area contributed by atoms with E-state index in [1.807, 2.05) is 6.92 Å². The van der Waals surface area contributed by atoms with Crippen LogP contribution in [0.1, 0.15) is 24.2 Å². The van der Waals surface area contributed by atoms with Crippen LogP contribution in [0.25, 0.3) is 11.1 Å². The van der Waals surface area contributed by atoms with Crippen LogP contribution >= 0.6 is 0 Å². The fourth-order valence-electron chi connectivity index (χ4n) is 1.87. The van der Waals surface area contributed by atoms with Crippen LogP contribution in [0.3, 0.4) is 0 Å². The van der Waals surface area contributed by atoms with E-state index in [1.165, 1.54) is 25.1 Å². The summed E-state index contributed by atoms with van der Waals surface area (Å²) in [5, 5.41) is 0. The number of carbonyl (C=O) groups excluding carboxylic acids is 1. The Balaban J connectivity index is 2.54. The minimum absolute atomic E-state index is 0.114. The zero-order chi connectivity index (χ0) is 13.8. The largest absolute Gasteiger partial charge is 0.492 e. The Kier molecular flexibility index (Phi) is 3.90. The van der Waals surface area contributed by atoms with Crippen LogP contribution in [-0.4, -0.2) is 17.4 Å². The van der Waals surface area contributed by atoms with Gasteiger partial charge >= 0.3 is 0 Å². The van der Waals surface area contributed by atoms with Gasteiger partial charge < -0.3 is 4.74 Å². The highest BCUT2D eigenvalue weighted by Crippen LogP contribution is 2.27. The molecule has 0 bridgehead atoms. The molecule has 4 heteroatoms. The van der Waals surface area contributed by atoms with Crippen LogP contribution in [0.4, 0.5) is 4.39 Å². The van der Waals surface area contributed by atoms with Crippen molar-refractivity contribution in [3.8, 4) is 16.9 Å². The van der Waals surface area contributed by atoms with Gasteiger partial charge in [0.2, 0.25) is 0 Å². The summed E-state index contributed by atoms with van der Waals surface area (Å²) in [7, 11) is 0. The number of halogens is 1. The fourth-order valence-corrected chi connectivity index (χ4v) is 1.87. The molecule has 2 rings (SSSR count). The molecule has 0 spiro atoms. The topological polar surface area (TPSA) is 39.2 Å². The number of benzene rings is 1. The Labute approximate surface area is 111 Å². The molecule has 0 aliphatic rings. The number of ketones is 1. The summed E-state index contributed by atoms with van der Waals surface area (Å²) >= 11 is 0. The Morgan fingerprint density at radius 2 is 2.11 bits per heavy atom. The second kappa shape index (κ2) is 5.61. The first kappa shape index (κ1) is 13.2. The molecule has 0 amide bonds. The average molecular weight is 259 g/mol. The third-order valence-electron chi connectivity index (χ3n) is 2.70. The Hall–Kier alpha value is -2.23. The van der Waals surface area contributed by atoms with Crippen LogP contribution in [-0.2, 0) is 0 Å². The highest BCUT2D eigenvalue weighted by molar-refractivity contribution is 6.00. The number of pyridine rings is 1.